The van der Waals surface area contributed by atoms with E-state index in [1.165, 1.54) is 12.7 Å². The zero-order valence-corrected chi connectivity index (χ0v) is 17.5. The Labute approximate surface area is 178 Å². The second-order valence-electron chi connectivity index (χ2n) is 7.22. The molecule has 0 aliphatic carbocycles. The molecule has 1 aliphatic heterocycles. The predicted octanol–water partition coefficient (Wildman–Crippen LogP) is 4.07. The third-order valence-electron chi connectivity index (χ3n) is 5.11. The van der Waals surface area contributed by atoms with Crippen LogP contribution in [0.15, 0.2) is 47.8 Å². The minimum Gasteiger partial charge on any atom is -0.493 e. The Balaban J connectivity index is 1.71. The van der Waals surface area contributed by atoms with Crippen molar-refractivity contribution in [3.05, 3.63) is 63.8 Å². The molecule has 2 amide bonds. The summed E-state index contributed by atoms with van der Waals surface area (Å²) in [5.74, 6) is 0.268. The average molecular weight is 423 g/mol. The number of hydrogen-bond donors (Lipinski definition) is 2. The van der Waals surface area contributed by atoms with Crippen LogP contribution in [0.1, 0.15) is 28.3 Å². The van der Waals surface area contributed by atoms with Crippen molar-refractivity contribution in [3.63, 3.8) is 0 Å². The van der Waals surface area contributed by atoms with Gasteiger partial charge in [0.1, 0.15) is 0 Å². The van der Waals surface area contributed by atoms with Gasteiger partial charge in [0.05, 0.1) is 12.8 Å². The number of aryl methyl sites for hydroxylation is 1. The quantitative estimate of drug-likeness (QED) is 0.627. The Morgan fingerprint density at radius 3 is 2.67 bits per heavy atom. The summed E-state index contributed by atoms with van der Waals surface area (Å²) in [6, 6.07) is 13.8. The Morgan fingerprint density at radius 2 is 1.97 bits per heavy atom. The lowest BCUT2D eigenvalue weighted by atomic mass is 9.89. The summed E-state index contributed by atoms with van der Waals surface area (Å²) in [6.45, 7) is 1.82. The van der Waals surface area contributed by atoms with Crippen molar-refractivity contribution < 1.29 is 19.1 Å². The highest BCUT2D eigenvalue weighted by atomic mass is 32.1. The van der Waals surface area contributed by atoms with Gasteiger partial charge in [-0.05, 0) is 30.2 Å². The second-order valence-corrected chi connectivity index (χ2v) is 8.14. The fourth-order valence-electron chi connectivity index (χ4n) is 3.61. The van der Waals surface area contributed by atoms with Crippen LogP contribution in [0.3, 0.4) is 0 Å². The number of nitrogens with two attached hydrogens (primary N) is 1. The van der Waals surface area contributed by atoms with Crippen LogP contribution < -0.4 is 20.5 Å². The van der Waals surface area contributed by atoms with Crippen molar-refractivity contribution in [1.29, 1.82) is 0 Å². The van der Waals surface area contributed by atoms with Crippen LogP contribution in [-0.4, -0.2) is 25.5 Å². The molecule has 1 aromatic heterocycles. The number of amides is 2. The van der Waals surface area contributed by atoms with Gasteiger partial charge in [0, 0.05) is 28.2 Å². The molecule has 3 N–H and O–H groups in total. The lowest BCUT2D eigenvalue weighted by Gasteiger charge is -2.24. The molecule has 6 nitrogen and oxygen atoms in total. The summed E-state index contributed by atoms with van der Waals surface area (Å²) in [4.78, 5) is 24.7. The number of carbonyl (C=O) groups excluding carboxylic acids is 2. The number of carbonyl (C=O) groups is 2. The van der Waals surface area contributed by atoms with Crippen LogP contribution in [0.4, 0.5) is 5.69 Å². The van der Waals surface area contributed by atoms with Gasteiger partial charge < -0.3 is 20.5 Å². The van der Waals surface area contributed by atoms with Crippen LogP contribution in [0.5, 0.6) is 11.5 Å². The van der Waals surface area contributed by atoms with E-state index in [9.17, 15) is 9.59 Å². The summed E-state index contributed by atoms with van der Waals surface area (Å²) >= 11 is 1.64. The highest BCUT2D eigenvalue weighted by Crippen LogP contribution is 2.47. The van der Waals surface area contributed by atoms with Crippen molar-refractivity contribution in [3.8, 4) is 22.6 Å². The highest BCUT2D eigenvalue weighted by molar-refractivity contribution is 7.11. The topological polar surface area (TPSA) is 90.7 Å². The van der Waals surface area contributed by atoms with Crippen LogP contribution in [-0.2, 0) is 9.59 Å². The van der Waals surface area contributed by atoms with Gasteiger partial charge in [-0.2, -0.15) is 0 Å². The van der Waals surface area contributed by atoms with E-state index >= 15 is 0 Å². The maximum atomic E-state index is 12.5. The van der Waals surface area contributed by atoms with E-state index in [4.69, 9.17) is 15.2 Å². The van der Waals surface area contributed by atoms with Gasteiger partial charge in [0.15, 0.2) is 18.1 Å². The van der Waals surface area contributed by atoms with Crippen LogP contribution >= 0.6 is 11.3 Å². The standard InChI is InChI=1S/C23H22N2O4S/c1-13-3-5-14(6-4-13)17-12-30-23-16(10-21(27)25-22(17)23)15-7-8-18(19(9-15)28-2)29-11-20(24)26/h3-9,12,16H,10-11H2,1-2H3,(H2,24,26)(H,25,27). The zero-order valence-electron chi connectivity index (χ0n) is 16.7. The van der Waals surface area contributed by atoms with Crippen molar-refractivity contribution in [2.45, 2.75) is 19.3 Å². The normalized spacial score (nSPS) is 15.3. The SMILES string of the molecule is COc1cc(C2CC(=O)Nc3c(-c4ccc(C)cc4)csc32)ccc1OCC(N)=O. The molecule has 2 heterocycles. The number of anilines is 1. The Morgan fingerprint density at radius 1 is 1.20 bits per heavy atom. The summed E-state index contributed by atoms with van der Waals surface area (Å²) < 4.78 is 10.9. The molecule has 0 radical (unpaired) electrons. The van der Waals surface area contributed by atoms with E-state index in [0.29, 0.717) is 17.9 Å². The molecular formula is C23H22N2O4S. The molecule has 1 aliphatic rings. The molecule has 2 aromatic carbocycles. The van der Waals surface area contributed by atoms with Gasteiger partial charge in [-0.25, -0.2) is 0 Å². The highest BCUT2D eigenvalue weighted by Gasteiger charge is 2.31. The molecule has 0 spiro atoms. The first-order chi connectivity index (χ1) is 14.5. The number of rotatable bonds is 6. The monoisotopic (exact) mass is 422 g/mol. The lowest BCUT2D eigenvalue weighted by Crippen LogP contribution is -2.22. The van der Waals surface area contributed by atoms with Crippen molar-refractivity contribution >= 4 is 28.8 Å². The van der Waals surface area contributed by atoms with Crippen LogP contribution in [0.2, 0.25) is 0 Å². The fraction of sp³-hybridized carbons (Fsp3) is 0.217. The van der Waals surface area contributed by atoms with Crippen molar-refractivity contribution in [1.82, 2.24) is 0 Å². The van der Waals surface area contributed by atoms with Gasteiger partial charge in [-0.15, -0.1) is 11.3 Å². The largest absolute Gasteiger partial charge is 0.493 e. The second kappa shape index (κ2) is 8.20. The first-order valence-electron chi connectivity index (χ1n) is 9.53. The molecule has 0 saturated carbocycles. The third kappa shape index (κ3) is 3.89. The Hall–Kier alpha value is -3.32. The van der Waals surface area contributed by atoms with Gasteiger partial charge in [0.25, 0.3) is 5.91 Å². The van der Waals surface area contributed by atoms with E-state index in [-0.39, 0.29) is 18.4 Å². The van der Waals surface area contributed by atoms with Gasteiger partial charge in [-0.3, -0.25) is 9.59 Å². The molecule has 0 saturated heterocycles. The van der Waals surface area contributed by atoms with E-state index in [1.807, 2.05) is 12.1 Å². The number of hydrogen-bond acceptors (Lipinski definition) is 5. The maximum Gasteiger partial charge on any atom is 0.255 e. The predicted molar refractivity (Wildman–Crippen MR) is 117 cm³/mol. The van der Waals surface area contributed by atoms with Gasteiger partial charge in [-0.1, -0.05) is 35.9 Å². The molecular weight excluding hydrogens is 400 g/mol. The van der Waals surface area contributed by atoms with Crippen molar-refractivity contribution in [2.24, 2.45) is 5.73 Å². The third-order valence-corrected chi connectivity index (χ3v) is 6.21. The first kappa shape index (κ1) is 20.0. The Bertz CT molecular complexity index is 1100. The number of nitrogens with one attached hydrogen (secondary N) is 1. The number of benzene rings is 2. The zero-order chi connectivity index (χ0) is 21.3. The minimum atomic E-state index is -0.558. The number of primary amides is 1. The molecule has 1 unspecified atom stereocenters. The number of fused-ring (bicyclic) bond motifs is 1. The molecule has 1 atom stereocenters. The maximum absolute atomic E-state index is 12.5. The van der Waals surface area contributed by atoms with E-state index < -0.39 is 5.91 Å². The van der Waals surface area contributed by atoms with Gasteiger partial charge >= 0.3 is 0 Å². The molecule has 0 fully saturated rings. The van der Waals surface area contributed by atoms with E-state index in [2.05, 4.69) is 41.9 Å². The first-order valence-corrected chi connectivity index (χ1v) is 10.4. The smallest absolute Gasteiger partial charge is 0.255 e. The van der Waals surface area contributed by atoms with Crippen LogP contribution in [0, 0.1) is 6.92 Å². The Kier molecular flexibility index (Phi) is 5.46. The number of ether oxygens (including phenoxy) is 2. The molecule has 4 rings (SSSR count). The summed E-state index contributed by atoms with van der Waals surface area (Å²) in [7, 11) is 1.54. The summed E-state index contributed by atoms with van der Waals surface area (Å²) in [6.07, 6.45) is 0.353. The molecule has 7 heteroatoms. The fourth-order valence-corrected chi connectivity index (χ4v) is 4.77. The number of methoxy groups -OCH3 is 1. The average Bonchev–Trinajstić information content (AvgIpc) is 3.15. The van der Waals surface area contributed by atoms with E-state index in [0.717, 1.165) is 27.3 Å². The minimum absolute atomic E-state index is 0.0210. The lowest BCUT2D eigenvalue weighted by molar-refractivity contribution is -0.120. The van der Waals surface area contributed by atoms with Crippen LogP contribution in [0.25, 0.3) is 11.1 Å². The van der Waals surface area contributed by atoms with Crippen molar-refractivity contribution in [2.75, 3.05) is 19.0 Å². The number of thiophene rings is 1. The van der Waals surface area contributed by atoms with E-state index in [1.54, 1.807) is 17.4 Å². The summed E-state index contributed by atoms with van der Waals surface area (Å²) in [5.41, 5.74) is 10.3. The molecule has 154 valence electrons. The molecule has 3 aromatic rings. The molecule has 0 bridgehead atoms. The molecule has 30 heavy (non-hydrogen) atoms. The summed E-state index contributed by atoms with van der Waals surface area (Å²) in [5, 5.41) is 5.15. The van der Waals surface area contributed by atoms with Gasteiger partial charge in [0.2, 0.25) is 5.91 Å².